The Hall–Kier alpha value is -2.15. The van der Waals surface area contributed by atoms with Crippen LogP contribution in [0.25, 0.3) is 0 Å². The van der Waals surface area contributed by atoms with Crippen molar-refractivity contribution in [3.63, 3.8) is 0 Å². The van der Waals surface area contributed by atoms with E-state index >= 15 is 0 Å². The number of nitriles is 1. The van der Waals surface area contributed by atoms with E-state index in [1.54, 1.807) is 6.20 Å². The van der Waals surface area contributed by atoms with Crippen molar-refractivity contribution in [3.05, 3.63) is 11.8 Å². The average Bonchev–Trinajstić information content (AvgIpc) is 2.54. The molecule has 2 aliphatic rings. The van der Waals surface area contributed by atoms with Crippen molar-refractivity contribution in [2.24, 2.45) is 0 Å². The van der Waals surface area contributed by atoms with Crippen molar-refractivity contribution >= 4 is 11.8 Å². The van der Waals surface area contributed by atoms with Crippen LogP contribution in [0.15, 0.2) is 11.8 Å². The largest absolute Gasteiger partial charge is 0.396 e. The molecule has 0 aromatic heterocycles. The molecule has 2 rings (SSSR count). The smallest absolute Gasteiger partial charge is 0.243 e. The number of carbonyl (C=O) groups excluding carboxylic acids is 2. The molecule has 0 aromatic rings. The number of amides is 2. The molecular formula is C13H21N5O4. The Bertz CT molecular complexity index is 436. The molecule has 22 heavy (non-hydrogen) atoms. The molecular weight excluding hydrogens is 290 g/mol. The zero-order chi connectivity index (χ0) is 16.4. The minimum atomic E-state index is -0.651. The van der Waals surface area contributed by atoms with Crippen LogP contribution in [0.3, 0.4) is 0 Å². The predicted molar refractivity (Wildman–Crippen MR) is 77.0 cm³/mol. The minimum absolute atomic E-state index is 0.150. The lowest BCUT2D eigenvalue weighted by Gasteiger charge is -2.28. The van der Waals surface area contributed by atoms with E-state index in [1.807, 2.05) is 6.07 Å². The summed E-state index contributed by atoms with van der Waals surface area (Å²) in [6.07, 6.45) is 2.16. The van der Waals surface area contributed by atoms with Gasteiger partial charge in [0.05, 0.1) is 18.3 Å². The first-order valence-corrected chi connectivity index (χ1v) is 6.98. The number of aliphatic hydroxyl groups excluding tert-OH is 2. The van der Waals surface area contributed by atoms with Crippen LogP contribution in [0, 0.1) is 11.3 Å². The van der Waals surface area contributed by atoms with E-state index in [9.17, 15) is 9.59 Å². The summed E-state index contributed by atoms with van der Waals surface area (Å²) in [7, 11) is 0. The minimum Gasteiger partial charge on any atom is -0.396 e. The standard InChI is InChI=1S/C8H14N2O4.C5H7N3/c11-3-1-5-7(13)10-6(2-4-12)8(14)9-5;6-1-5-2-7-4-8-3-5/h5-6,11-12H,1-4H2,(H,9,14)(H,10,13);2,7-8H,3-4H2. The summed E-state index contributed by atoms with van der Waals surface area (Å²) in [6, 6.07) is 0.739. The molecule has 1 saturated heterocycles. The average molecular weight is 311 g/mol. The lowest BCUT2D eigenvalue weighted by atomic mass is 10.1. The van der Waals surface area contributed by atoms with Crippen molar-refractivity contribution in [2.45, 2.75) is 24.9 Å². The van der Waals surface area contributed by atoms with Crippen LogP contribution in [0.2, 0.25) is 0 Å². The van der Waals surface area contributed by atoms with E-state index in [4.69, 9.17) is 15.5 Å². The molecule has 0 saturated carbocycles. The second-order valence-corrected chi connectivity index (χ2v) is 4.74. The highest BCUT2D eigenvalue weighted by Gasteiger charge is 2.32. The molecule has 0 radical (unpaired) electrons. The van der Waals surface area contributed by atoms with Gasteiger partial charge in [-0.15, -0.1) is 0 Å². The highest BCUT2D eigenvalue weighted by atomic mass is 16.3. The maximum atomic E-state index is 11.3. The molecule has 0 spiro atoms. The zero-order valence-electron chi connectivity index (χ0n) is 12.1. The van der Waals surface area contributed by atoms with Gasteiger partial charge in [0, 0.05) is 26.0 Å². The molecule has 6 N–H and O–H groups in total. The summed E-state index contributed by atoms with van der Waals surface area (Å²) in [6.45, 7) is 1.17. The molecule has 2 heterocycles. The summed E-state index contributed by atoms with van der Waals surface area (Å²) in [5.74, 6) is -0.616. The number of carbonyl (C=O) groups is 2. The third kappa shape index (κ3) is 5.69. The number of hydrogen-bond donors (Lipinski definition) is 6. The number of aliphatic hydroxyl groups is 2. The molecule has 2 amide bonds. The van der Waals surface area contributed by atoms with Gasteiger partial charge in [-0.1, -0.05) is 0 Å². The summed E-state index contributed by atoms with van der Waals surface area (Å²) < 4.78 is 0. The molecule has 2 atom stereocenters. The highest BCUT2D eigenvalue weighted by Crippen LogP contribution is 2.03. The topological polar surface area (TPSA) is 147 Å². The van der Waals surface area contributed by atoms with E-state index in [2.05, 4.69) is 21.3 Å². The number of rotatable bonds is 4. The molecule has 0 aromatic carbocycles. The van der Waals surface area contributed by atoms with E-state index in [0.29, 0.717) is 6.54 Å². The second-order valence-electron chi connectivity index (χ2n) is 4.74. The van der Waals surface area contributed by atoms with Gasteiger partial charge in [-0.2, -0.15) is 5.26 Å². The van der Waals surface area contributed by atoms with Crippen LogP contribution >= 0.6 is 0 Å². The summed E-state index contributed by atoms with van der Waals surface area (Å²) >= 11 is 0. The van der Waals surface area contributed by atoms with Gasteiger partial charge >= 0.3 is 0 Å². The summed E-state index contributed by atoms with van der Waals surface area (Å²) in [5.41, 5.74) is 0.760. The third-order valence-corrected chi connectivity index (χ3v) is 3.06. The van der Waals surface area contributed by atoms with Gasteiger partial charge in [0.2, 0.25) is 11.8 Å². The van der Waals surface area contributed by atoms with Crippen molar-refractivity contribution in [1.29, 1.82) is 5.26 Å². The molecule has 2 unspecified atom stereocenters. The normalized spacial score (nSPS) is 23.8. The fraction of sp³-hybridized carbons (Fsp3) is 0.615. The van der Waals surface area contributed by atoms with Crippen LogP contribution < -0.4 is 21.3 Å². The molecule has 2 aliphatic heterocycles. The third-order valence-electron chi connectivity index (χ3n) is 3.06. The first kappa shape index (κ1) is 17.9. The van der Waals surface area contributed by atoms with E-state index in [-0.39, 0.29) is 37.9 Å². The van der Waals surface area contributed by atoms with Gasteiger partial charge in [0.25, 0.3) is 0 Å². The maximum Gasteiger partial charge on any atom is 0.243 e. The fourth-order valence-corrected chi connectivity index (χ4v) is 1.91. The lowest BCUT2D eigenvalue weighted by molar-refractivity contribution is -0.137. The summed E-state index contributed by atoms with van der Waals surface area (Å²) in [5, 5.41) is 36.4. The zero-order valence-corrected chi connectivity index (χ0v) is 12.1. The Morgan fingerprint density at radius 3 is 2.00 bits per heavy atom. The number of hydrogen-bond acceptors (Lipinski definition) is 7. The molecule has 0 bridgehead atoms. The van der Waals surface area contributed by atoms with Gasteiger partial charge in [-0.3, -0.25) is 14.9 Å². The Morgan fingerprint density at radius 1 is 1.14 bits per heavy atom. The monoisotopic (exact) mass is 311 g/mol. The number of piperazine rings is 1. The predicted octanol–water partition coefficient (Wildman–Crippen LogP) is -2.72. The Balaban J connectivity index is 0.000000255. The van der Waals surface area contributed by atoms with Crippen molar-refractivity contribution in [3.8, 4) is 6.07 Å². The van der Waals surface area contributed by atoms with E-state index in [1.165, 1.54) is 0 Å². The van der Waals surface area contributed by atoms with Crippen LogP contribution in [-0.4, -0.2) is 60.5 Å². The highest BCUT2D eigenvalue weighted by molar-refractivity contribution is 5.96. The van der Waals surface area contributed by atoms with Crippen LogP contribution in [0.4, 0.5) is 0 Å². The quantitative estimate of drug-likeness (QED) is 0.330. The first-order valence-electron chi connectivity index (χ1n) is 6.98. The maximum absolute atomic E-state index is 11.3. The molecule has 9 heteroatoms. The Morgan fingerprint density at radius 2 is 1.68 bits per heavy atom. The van der Waals surface area contributed by atoms with Gasteiger partial charge in [-0.05, 0) is 12.8 Å². The van der Waals surface area contributed by atoms with Crippen molar-refractivity contribution < 1.29 is 19.8 Å². The first-order chi connectivity index (χ1) is 10.6. The summed E-state index contributed by atoms with van der Waals surface area (Å²) in [4.78, 5) is 22.6. The Labute approximate surface area is 128 Å². The molecule has 9 nitrogen and oxygen atoms in total. The molecule has 0 aliphatic carbocycles. The van der Waals surface area contributed by atoms with Gasteiger partial charge in [0.1, 0.15) is 12.1 Å². The van der Waals surface area contributed by atoms with Gasteiger partial charge < -0.3 is 26.2 Å². The van der Waals surface area contributed by atoms with Crippen LogP contribution in [-0.2, 0) is 9.59 Å². The van der Waals surface area contributed by atoms with Crippen molar-refractivity contribution in [2.75, 3.05) is 26.4 Å². The SMILES string of the molecule is N#CC1=CNCNC1.O=C1NC(CCO)C(=O)NC1CCO. The molecule has 1 fully saturated rings. The number of nitrogens with zero attached hydrogens (tertiary/aromatic N) is 1. The van der Waals surface area contributed by atoms with Crippen LogP contribution in [0.1, 0.15) is 12.8 Å². The Kier molecular flexibility index (Phi) is 7.91. The van der Waals surface area contributed by atoms with E-state index in [0.717, 1.165) is 12.2 Å². The fourth-order valence-electron chi connectivity index (χ4n) is 1.91. The molecule has 122 valence electrons. The van der Waals surface area contributed by atoms with Crippen molar-refractivity contribution in [1.82, 2.24) is 21.3 Å². The lowest BCUT2D eigenvalue weighted by Crippen LogP contribution is -2.61. The van der Waals surface area contributed by atoms with Crippen LogP contribution in [0.5, 0.6) is 0 Å². The number of nitrogens with one attached hydrogen (secondary N) is 4. The van der Waals surface area contributed by atoms with Gasteiger partial charge in [0.15, 0.2) is 0 Å². The second kappa shape index (κ2) is 9.73. The van der Waals surface area contributed by atoms with Gasteiger partial charge in [-0.25, -0.2) is 0 Å². The van der Waals surface area contributed by atoms with E-state index < -0.39 is 12.1 Å².